The van der Waals surface area contributed by atoms with Crippen LogP contribution in [0.4, 0.5) is 22.0 Å². The van der Waals surface area contributed by atoms with Crippen LogP contribution in [0, 0.1) is 35.0 Å². The topological polar surface area (TPSA) is 38.7 Å². The van der Waals surface area contributed by atoms with Crippen LogP contribution in [0.3, 0.4) is 0 Å². The molecule has 25 heavy (non-hydrogen) atoms. The third-order valence-corrected chi connectivity index (χ3v) is 6.19. The van der Waals surface area contributed by atoms with Crippen LogP contribution in [0.1, 0.15) is 40.2 Å². The van der Waals surface area contributed by atoms with Crippen molar-refractivity contribution in [3.63, 3.8) is 0 Å². The van der Waals surface area contributed by atoms with E-state index < -0.39 is 55.8 Å². The lowest BCUT2D eigenvalue weighted by Crippen LogP contribution is -2.47. The zero-order chi connectivity index (χ0) is 19.5. The van der Waals surface area contributed by atoms with Gasteiger partial charge in [-0.25, -0.2) is 22.0 Å². The van der Waals surface area contributed by atoms with Crippen molar-refractivity contribution >= 4 is 8.80 Å². The summed E-state index contributed by atoms with van der Waals surface area (Å²) in [5, 5.41) is 0. The van der Waals surface area contributed by atoms with E-state index in [-0.39, 0.29) is 18.3 Å². The molecule has 0 aliphatic heterocycles. The summed E-state index contributed by atoms with van der Waals surface area (Å²) in [5.74, 6) is -10.5. The SMILES string of the molecule is CC(Cc1c(F)c(F)c(F)c(F)c1F)C[Si](O)(OC(C)C)OC(C)C. The third-order valence-electron chi connectivity index (χ3n) is 3.30. The van der Waals surface area contributed by atoms with Crippen molar-refractivity contribution in [3.05, 3.63) is 34.6 Å². The first-order chi connectivity index (χ1) is 11.4. The van der Waals surface area contributed by atoms with Gasteiger partial charge in [-0.05, 0) is 40.0 Å². The Bertz CT molecular complexity index is 571. The molecule has 1 rings (SSSR count). The first-order valence-electron chi connectivity index (χ1n) is 7.96. The molecule has 0 heterocycles. The van der Waals surface area contributed by atoms with Gasteiger partial charge in [0.05, 0.1) is 0 Å². The Balaban J connectivity index is 3.04. The summed E-state index contributed by atoms with van der Waals surface area (Å²) in [4.78, 5) is 10.6. The summed E-state index contributed by atoms with van der Waals surface area (Å²) in [6.07, 6.45) is -1.15. The molecule has 3 nitrogen and oxygen atoms in total. The highest BCUT2D eigenvalue weighted by atomic mass is 28.4. The second-order valence-corrected chi connectivity index (χ2v) is 8.91. The zero-order valence-corrected chi connectivity index (χ0v) is 15.8. The lowest BCUT2D eigenvalue weighted by molar-refractivity contribution is 0.0446. The van der Waals surface area contributed by atoms with E-state index in [1.807, 2.05) is 0 Å². The lowest BCUT2D eigenvalue weighted by atomic mass is 10.0. The second kappa shape index (κ2) is 8.57. The van der Waals surface area contributed by atoms with Crippen LogP contribution >= 0.6 is 0 Å². The largest absolute Gasteiger partial charge is 0.498 e. The molecule has 0 saturated heterocycles. The van der Waals surface area contributed by atoms with Crippen LogP contribution in [0.15, 0.2) is 0 Å². The highest BCUT2D eigenvalue weighted by Gasteiger charge is 2.41. The van der Waals surface area contributed by atoms with Crippen molar-refractivity contribution in [2.45, 2.75) is 59.3 Å². The molecule has 0 radical (unpaired) electrons. The first kappa shape index (κ1) is 22.0. The molecule has 1 atom stereocenters. The molecule has 0 bridgehead atoms. The minimum atomic E-state index is -3.67. The van der Waals surface area contributed by atoms with Gasteiger partial charge in [-0.1, -0.05) is 6.92 Å². The van der Waals surface area contributed by atoms with E-state index in [0.717, 1.165) is 0 Å². The molecular weight excluding hydrogens is 363 g/mol. The number of halogens is 5. The Kier molecular flexibility index (Phi) is 7.54. The Hall–Kier alpha value is -1.03. The molecule has 0 saturated carbocycles. The third kappa shape index (κ3) is 5.73. The standard InChI is InChI=1S/C16H23F5O3Si/c1-8(2)23-25(22,24-9(3)4)7-10(5)6-11-12(17)14(19)16(21)15(20)13(11)18/h8-10,22H,6-7H2,1-5H3. The van der Waals surface area contributed by atoms with E-state index in [4.69, 9.17) is 8.85 Å². The van der Waals surface area contributed by atoms with Gasteiger partial charge in [0.1, 0.15) is 0 Å². The molecule has 0 aliphatic rings. The van der Waals surface area contributed by atoms with Crippen molar-refractivity contribution in [1.29, 1.82) is 0 Å². The molecule has 9 heteroatoms. The Labute approximate surface area is 145 Å². The van der Waals surface area contributed by atoms with Crippen molar-refractivity contribution in [3.8, 4) is 0 Å². The summed E-state index contributed by atoms with van der Waals surface area (Å²) in [7, 11) is -3.67. The average Bonchev–Trinajstić information content (AvgIpc) is 2.45. The van der Waals surface area contributed by atoms with Gasteiger partial charge in [0.15, 0.2) is 23.3 Å². The highest BCUT2D eigenvalue weighted by molar-refractivity contribution is 6.59. The molecule has 1 aromatic carbocycles. The molecule has 0 aliphatic carbocycles. The smallest absolute Gasteiger partial charge is 0.390 e. The molecule has 1 unspecified atom stereocenters. The first-order valence-corrected chi connectivity index (χ1v) is 9.93. The fourth-order valence-corrected chi connectivity index (χ4v) is 5.30. The van der Waals surface area contributed by atoms with E-state index in [1.165, 1.54) is 6.92 Å². The fraction of sp³-hybridized carbons (Fsp3) is 0.625. The number of hydrogen-bond donors (Lipinski definition) is 1. The van der Waals surface area contributed by atoms with Gasteiger partial charge in [-0.2, -0.15) is 0 Å². The minimum Gasteiger partial charge on any atom is -0.390 e. The van der Waals surface area contributed by atoms with Crippen LogP contribution in [-0.2, 0) is 15.3 Å². The minimum absolute atomic E-state index is 0.0805. The summed E-state index contributed by atoms with van der Waals surface area (Å²) >= 11 is 0. The fourth-order valence-electron chi connectivity index (χ4n) is 2.55. The monoisotopic (exact) mass is 386 g/mol. The van der Waals surface area contributed by atoms with E-state index in [1.54, 1.807) is 27.7 Å². The van der Waals surface area contributed by atoms with Gasteiger partial charge < -0.3 is 13.6 Å². The molecule has 0 amide bonds. The molecule has 1 aromatic rings. The molecule has 144 valence electrons. The van der Waals surface area contributed by atoms with E-state index in [2.05, 4.69) is 0 Å². The number of benzene rings is 1. The van der Waals surface area contributed by atoms with Crippen molar-refractivity contribution in [2.24, 2.45) is 5.92 Å². The summed E-state index contributed by atoms with van der Waals surface area (Å²) in [6.45, 7) is 8.28. The predicted molar refractivity (Wildman–Crippen MR) is 84.3 cm³/mol. The Morgan fingerprint density at radius 1 is 0.760 bits per heavy atom. The maximum absolute atomic E-state index is 13.8. The van der Waals surface area contributed by atoms with E-state index in [0.29, 0.717) is 0 Å². The van der Waals surface area contributed by atoms with Crippen LogP contribution in [0.2, 0.25) is 6.04 Å². The second-order valence-electron chi connectivity index (χ2n) is 6.61. The predicted octanol–water partition coefficient (Wildman–Crippen LogP) is 4.34. The van der Waals surface area contributed by atoms with Gasteiger partial charge in [-0.3, -0.25) is 0 Å². The van der Waals surface area contributed by atoms with Gasteiger partial charge in [0.2, 0.25) is 5.82 Å². The van der Waals surface area contributed by atoms with Gasteiger partial charge in [-0.15, -0.1) is 0 Å². The Morgan fingerprint density at radius 2 is 1.12 bits per heavy atom. The summed E-state index contributed by atoms with van der Waals surface area (Å²) < 4.78 is 78.1. The number of hydrogen-bond acceptors (Lipinski definition) is 3. The molecule has 0 spiro atoms. The van der Waals surface area contributed by atoms with E-state index in [9.17, 15) is 26.7 Å². The lowest BCUT2D eigenvalue weighted by Gasteiger charge is -2.30. The summed E-state index contributed by atoms with van der Waals surface area (Å²) in [6, 6.07) is -0.0805. The zero-order valence-electron chi connectivity index (χ0n) is 14.8. The molecule has 0 fully saturated rings. The van der Waals surface area contributed by atoms with Crippen LogP contribution in [0.5, 0.6) is 0 Å². The molecular formula is C16H23F5O3Si. The quantitative estimate of drug-likeness (QED) is 0.313. The van der Waals surface area contributed by atoms with Gasteiger partial charge in [0, 0.05) is 23.8 Å². The molecule has 1 N–H and O–H groups in total. The van der Waals surface area contributed by atoms with Crippen molar-refractivity contribution in [2.75, 3.05) is 0 Å². The normalized spacial score (nSPS) is 13.8. The van der Waals surface area contributed by atoms with Crippen LogP contribution in [0.25, 0.3) is 0 Å². The number of rotatable bonds is 8. The van der Waals surface area contributed by atoms with Gasteiger partial charge in [0.25, 0.3) is 0 Å². The van der Waals surface area contributed by atoms with Gasteiger partial charge >= 0.3 is 8.80 Å². The van der Waals surface area contributed by atoms with Crippen molar-refractivity contribution < 1.29 is 35.6 Å². The van der Waals surface area contributed by atoms with Crippen LogP contribution in [-0.4, -0.2) is 25.8 Å². The van der Waals surface area contributed by atoms with Crippen molar-refractivity contribution in [1.82, 2.24) is 0 Å². The van der Waals surface area contributed by atoms with Crippen LogP contribution < -0.4 is 0 Å². The summed E-state index contributed by atoms with van der Waals surface area (Å²) in [5.41, 5.74) is -0.908. The Morgan fingerprint density at radius 3 is 1.48 bits per heavy atom. The van der Waals surface area contributed by atoms with E-state index >= 15 is 0 Å². The maximum atomic E-state index is 13.8. The molecule has 0 aromatic heterocycles. The maximum Gasteiger partial charge on any atom is 0.498 e. The highest BCUT2D eigenvalue weighted by Crippen LogP contribution is 2.28. The average molecular weight is 386 g/mol.